The van der Waals surface area contributed by atoms with Crippen LogP contribution in [0, 0.1) is 5.92 Å². The zero-order chi connectivity index (χ0) is 12.8. The van der Waals surface area contributed by atoms with Crippen molar-refractivity contribution in [1.82, 2.24) is 15.5 Å². The van der Waals surface area contributed by atoms with Crippen LogP contribution >= 0.6 is 0 Å². The largest absolute Gasteiger partial charge is 0.384 e. The van der Waals surface area contributed by atoms with Gasteiger partial charge in [-0.05, 0) is 25.1 Å². The van der Waals surface area contributed by atoms with Crippen molar-refractivity contribution >= 4 is 5.82 Å². The van der Waals surface area contributed by atoms with E-state index in [1.165, 1.54) is 6.42 Å². The molecule has 100 valence electrons. The average Bonchev–Trinajstić information content (AvgIpc) is 2.86. The van der Waals surface area contributed by atoms with E-state index in [0.29, 0.717) is 5.92 Å². The van der Waals surface area contributed by atoms with Gasteiger partial charge in [-0.1, -0.05) is 6.92 Å². The van der Waals surface area contributed by atoms with Crippen LogP contribution in [0.5, 0.6) is 0 Å². The van der Waals surface area contributed by atoms with Crippen molar-refractivity contribution in [3.8, 4) is 0 Å². The van der Waals surface area contributed by atoms with Gasteiger partial charge in [0.25, 0.3) is 0 Å². The lowest BCUT2D eigenvalue weighted by atomic mass is 10.1. The molecule has 0 bridgehead atoms. The molecular formula is C13H22N4O. The predicted octanol–water partition coefficient (Wildman–Crippen LogP) is 1.06. The molecule has 0 spiro atoms. The Balaban J connectivity index is 1.90. The van der Waals surface area contributed by atoms with E-state index in [-0.39, 0.29) is 0 Å². The SMILES string of the molecule is CCNCc1ccc(N2CCC(COC)C2)nn1. The summed E-state index contributed by atoms with van der Waals surface area (Å²) in [5, 5.41) is 11.8. The summed E-state index contributed by atoms with van der Waals surface area (Å²) in [6.07, 6.45) is 1.18. The number of hydrogen-bond acceptors (Lipinski definition) is 5. The molecule has 2 rings (SSSR count). The first-order chi connectivity index (χ1) is 8.83. The van der Waals surface area contributed by atoms with E-state index in [1.54, 1.807) is 7.11 Å². The summed E-state index contributed by atoms with van der Waals surface area (Å²) in [6, 6.07) is 4.11. The van der Waals surface area contributed by atoms with Gasteiger partial charge in [0, 0.05) is 32.7 Å². The quantitative estimate of drug-likeness (QED) is 0.818. The van der Waals surface area contributed by atoms with E-state index in [2.05, 4.69) is 39.5 Å². The minimum Gasteiger partial charge on any atom is -0.384 e. The number of hydrogen-bond donors (Lipinski definition) is 1. The Kier molecular flexibility index (Phi) is 4.90. The van der Waals surface area contributed by atoms with Gasteiger partial charge in [0.2, 0.25) is 0 Å². The second-order valence-electron chi connectivity index (χ2n) is 4.72. The fraction of sp³-hybridized carbons (Fsp3) is 0.692. The summed E-state index contributed by atoms with van der Waals surface area (Å²) in [5.41, 5.74) is 0.994. The van der Waals surface area contributed by atoms with Crippen molar-refractivity contribution in [3.63, 3.8) is 0 Å². The van der Waals surface area contributed by atoms with Crippen molar-refractivity contribution in [2.24, 2.45) is 5.92 Å². The molecule has 0 radical (unpaired) electrons. The van der Waals surface area contributed by atoms with E-state index >= 15 is 0 Å². The molecule has 0 aliphatic carbocycles. The highest BCUT2D eigenvalue weighted by atomic mass is 16.5. The van der Waals surface area contributed by atoms with Gasteiger partial charge in [0.05, 0.1) is 12.3 Å². The third kappa shape index (κ3) is 3.40. The van der Waals surface area contributed by atoms with Crippen LogP contribution in [0.15, 0.2) is 12.1 Å². The first kappa shape index (κ1) is 13.2. The number of nitrogens with one attached hydrogen (secondary N) is 1. The summed E-state index contributed by atoms with van der Waals surface area (Å²) in [4.78, 5) is 2.29. The molecule has 0 amide bonds. The van der Waals surface area contributed by atoms with Crippen molar-refractivity contribution < 1.29 is 4.74 Å². The zero-order valence-corrected chi connectivity index (χ0v) is 11.2. The Hall–Kier alpha value is -1.20. The van der Waals surface area contributed by atoms with Gasteiger partial charge in [-0.2, -0.15) is 5.10 Å². The number of ether oxygens (including phenoxy) is 1. The van der Waals surface area contributed by atoms with Gasteiger partial charge >= 0.3 is 0 Å². The first-order valence-electron chi connectivity index (χ1n) is 6.60. The molecule has 1 fully saturated rings. The highest BCUT2D eigenvalue weighted by Gasteiger charge is 2.23. The average molecular weight is 250 g/mol. The van der Waals surface area contributed by atoms with Crippen LogP contribution in [0.3, 0.4) is 0 Å². The molecule has 0 aromatic carbocycles. The summed E-state index contributed by atoms with van der Waals surface area (Å²) in [6.45, 7) is 6.74. The van der Waals surface area contributed by atoms with Crippen LogP contribution < -0.4 is 10.2 Å². The monoisotopic (exact) mass is 250 g/mol. The molecule has 1 saturated heterocycles. The maximum atomic E-state index is 5.20. The third-order valence-electron chi connectivity index (χ3n) is 3.27. The summed E-state index contributed by atoms with van der Waals surface area (Å²) < 4.78 is 5.20. The lowest BCUT2D eigenvalue weighted by Crippen LogP contribution is -2.22. The number of rotatable bonds is 6. The molecular weight excluding hydrogens is 228 g/mol. The molecule has 1 N–H and O–H groups in total. The second-order valence-corrected chi connectivity index (χ2v) is 4.72. The number of aromatic nitrogens is 2. The van der Waals surface area contributed by atoms with Crippen LogP contribution in [0.25, 0.3) is 0 Å². The van der Waals surface area contributed by atoms with Gasteiger partial charge < -0.3 is 15.0 Å². The van der Waals surface area contributed by atoms with Crippen LogP contribution in [0.2, 0.25) is 0 Å². The normalized spacial score (nSPS) is 19.4. The topological polar surface area (TPSA) is 50.3 Å². The minimum atomic E-state index is 0.623. The molecule has 1 aromatic rings. The maximum absolute atomic E-state index is 5.20. The Bertz CT molecular complexity index is 355. The Morgan fingerprint density at radius 1 is 1.44 bits per heavy atom. The maximum Gasteiger partial charge on any atom is 0.151 e. The van der Waals surface area contributed by atoms with Crippen LogP contribution in [0.1, 0.15) is 19.0 Å². The fourth-order valence-corrected chi connectivity index (χ4v) is 2.28. The van der Waals surface area contributed by atoms with Gasteiger partial charge in [0.15, 0.2) is 5.82 Å². The molecule has 0 saturated carbocycles. The van der Waals surface area contributed by atoms with Crippen molar-refractivity contribution in [3.05, 3.63) is 17.8 Å². The Morgan fingerprint density at radius 2 is 2.33 bits per heavy atom. The molecule has 1 unspecified atom stereocenters. The van der Waals surface area contributed by atoms with Gasteiger partial charge in [-0.15, -0.1) is 5.10 Å². The predicted molar refractivity (Wildman–Crippen MR) is 71.6 cm³/mol. The fourth-order valence-electron chi connectivity index (χ4n) is 2.28. The van der Waals surface area contributed by atoms with Crippen LogP contribution in [0.4, 0.5) is 5.82 Å². The van der Waals surface area contributed by atoms with E-state index < -0.39 is 0 Å². The smallest absolute Gasteiger partial charge is 0.151 e. The standard InChI is InChI=1S/C13H22N4O/c1-3-14-8-12-4-5-13(16-15-12)17-7-6-11(9-17)10-18-2/h4-5,11,14H,3,6-10H2,1-2H3. The van der Waals surface area contributed by atoms with Crippen molar-refractivity contribution in [1.29, 1.82) is 0 Å². The van der Waals surface area contributed by atoms with E-state index in [9.17, 15) is 0 Å². The Labute approximate surface area is 109 Å². The number of methoxy groups -OCH3 is 1. The molecule has 1 atom stereocenters. The highest BCUT2D eigenvalue weighted by molar-refractivity contribution is 5.38. The molecule has 2 heterocycles. The van der Waals surface area contributed by atoms with Crippen LogP contribution in [-0.4, -0.2) is 43.5 Å². The lowest BCUT2D eigenvalue weighted by molar-refractivity contribution is 0.161. The third-order valence-corrected chi connectivity index (χ3v) is 3.27. The van der Waals surface area contributed by atoms with E-state index in [0.717, 1.165) is 44.3 Å². The molecule has 5 nitrogen and oxygen atoms in total. The van der Waals surface area contributed by atoms with E-state index in [4.69, 9.17) is 4.74 Å². The van der Waals surface area contributed by atoms with Gasteiger partial charge in [-0.3, -0.25) is 0 Å². The first-order valence-corrected chi connectivity index (χ1v) is 6.60. The minimum absolute atomic E-state index is 0.623. The van der Waals surface area contributed by atoms with Gasteiger partial charge in [-0.25, -0.2) is 0 Å². The molecule has 5 heteroatoms. The number of nitrogens with zero attached hydrogens (tertiary/aromatic N) is 3. The van der Waals surface area contributed by atoms with Crippen molar-refractivity contribution in [2.75, 3.05) is 38.3 Å². The van der Waals surface area contributed by atoms with Gasteiger partial charge in [0.1, 0.15) is 0 Å². The van der Waals surface area contributed by atoms with Crippen molar-refractivity contribution in [2.45, 2.75) is 19.9 Å². The number of anilines is 1. The summed E-state index contributed by atoms with van der Waals surface area (Å²) in [5.74, 6) is 1.60. The second kappa shape index (κ2) is 6.66. The van der Waals surface area contributed by atoms with Crippen LogP contribution in [-0.2, 0) is 11.3 Å². The molecule has 1 aliphatic heterocycles. The lowest BCUT2D eigenvalue weighted by Gasteiger charge is -2.16. The molecule has 1 aromatic heterocycles. The Morgan fingerprint density at radius 3 is 3.00 bits per heavy atom. The summed E-state index contributed by atoms with van der Waals surface area (Å²) in [7, 11) is 1.76. The van der Waals surface area contributed by atoms with E-state index in [1.807, 2.05) is 0 Å². The molecule has 18 heavy (non-hydrogen) atoms. The zero-order valence-electron chi connectivity index (χ0n) is 11.2. The highest BCUT2D eigenvalue weighted by Crippen LogP contribution is 2.21. The molecule has 1 aliphatic rings. The summed E-state index contributed by atoms with van der Waals surface area (Å²) >= 11 is 0.